The van der Waals surface area contributed by atoms with Gasteiger partial charge in [0.25, 0.3) is 0 Å². The molecule has 0 radical (unpaired) electrons. The predicted octanol–water partition coefficient (Wildman–Crippen LogP) is 8.79. The lowest BCUT2D eigenvalue weighted by Gasteiger charge is -2.33. The highest BCUT2D eigenvalue weighted by molar-refractivity contribution is 6.32. The lowest BCUT2D eigenvalue weighted by molar-refractivity contribution is 0.0980. The number of fused-ring (bicyclic) bond motifs is 2. The number of benzene rings is 6. The molecule has 0 bridgehead atoms. The van der Waals surface area contributed by atoms with E-state index < -0.39 is 0 Å². The van der Waals surface area contributed by atoms with Gasteiger partial charge in [-0.05, 0) is 60.7 Å². The number of ketones is 2. The molecule has 0 saturated carbocycles. The van der Waals surface area contributed by atoms with Gasteiger partial charge < -0.3 is 0 Å². The molecule has 1 aliphatic carbocycles. The zero-order valence-electron chi connectivity index (χ0n) is 23.7. The molecule has 6 heteroatoms. The van der Waals surface area contributed by atoms with Crippen molar-refractivity contribution in [3.05, 3.63) is 180 Å². The zero-order chi connectivity index (χ0) is 29.9. The number of carbonyl (C=O) groups excluding carboxylic acids is 2. The lowest BCUT2D eigenvalue weighted by atomic mass is 9.82. The number of hydrazine groups is 2. The van der Waals surface area contributed by atoms with Crippen LogP contribution in [0.1, 0.15) is 31.8 Å². The van der Waals surface area contributed by atoms with E-state index in [9.17, 15) is 9.59 Å². The highest BCUT2D eigenvalue weighted by Crippen LogP contribution is 2.41. The smallest absolute Gasteiger partial charge is 0.198 e. The van der Waals surface area contributed by atoms with Crippen molar-refractivity contribution in [2.75, 3.05) is 20.9 Å². The first-order valence-corrected chi connectivity index (χ1v) is 14.4. The molecule has 0 aromatic heterocycles. The molecule has 212 valence electrons. The van der Waals surface area contributed by atoms with E-state index >= 15 is 0 Å². The van der Waals surface area contributed by atoms with Crippen LogP contribution < -0.4 is 20.9 Å². The Morgan fingerprint density at radius 3 is 1.11 bits per heavy atom. The monoisotopic (exact) mass is 572 g/mol. The van der Waals surface area contributed by atoms with E-state index in [1.807, 2.05) is 156 Å². The van der Waals surface area contributed by atoms with Gasteiger partial charge in [0.15, 0.2) is 11.6 Å². The number of nitrogens with zero attached hydrogens (tertiary/aromatic N) is 2. The molecule has 2 N–H and O–H groups in total. The number of hydrogen-bond donors (Lipinski definition) is 2. The second-order valence-corrected chi connectivity index (χ2v) is 10.4. The minimum atomic E-state index is -0.229. The minimum Gasteiger partial charge on any atom is -0.294 e. The standard InChI is InChI=1S/C38H28N4O2/c43-37-31-23-13-25-33(41(29-19-9-3-10-20-29)39-27-15-5-1-6-16-27)35(31)38(44)36-32(37)24-14-26-34(36)42(30-21-11-4-12-22-30)40-28-17-7-2-8-18-28/h1-26,39-40H. The molecular weight excluding hydrogens is 544 g/mol. The van der Waals surface area contributed by atoms with Crippen LogP contribution in [0.5, 0.6) is 0 Å². The van der Waals surface area contributed by atoms with Crippen LogP contribution >= 0.6 is 0 Å². The average molecular weight is 573 g/mol. The van der Waals surface area contributed by atoms with Gasteiger partial charge in [0.1, 0.15) is 0 Å². The van der Waals surface area contributed by atoms with Gasteiger partial charge in [-0.2, -0.15) is 0 Å². The molecular formula is C38H28N4O2. The Kier molecular flexibility index (Phi) is 7.06. The molecule has 0 amide bonds. The third-order valence-corrected chi connectivity index (χ3v) is 7.57. The van der Waals surface area contributed by atoms with Crippen molar-refractivity contribution >= 4 is 45.7 Å². The fraction of sp³-hybridized carbons (Fsp3) is 0. The number of nitrogens with one attached hydrogen (secondary N) is 2. The molecule has 0 unspecified atom stereocenters. The van der Waals surface area contributed by atoms with Crippen LogP contribution in [0.2, 0.25) is 0 Å². The summed E-state index contributed by atoms with van der Waals surface area (Å²) >= 11 is 0. The molecule has 6 nitrogen and oxygen atoms in total. The van der Waals surface area contributed by atoms with Crippen molar-refractivity contribution in [3.63, 3.8) is 0 Å². The summed E-state index contributed by atoms with van der Waals surface area (Å²) in [5.41, 5.74) is 12.8. The van der Waals surface area contributed by atoms with E-state index in [0.29, 0.717) is 33.6 Å². The molecule has 1 aliphatic rings. The van der Waals surface area contributed by atoms with Crippen LogP contribution in [0.4, 0.5) is 34.1 Å². The Morgan fingerprint density at radius 2 is 0.727 bits per heavy atom. The number of hydrogen-bond acceptors (Lipinski definition) is 6. The van der Waals surface area contributed by atoms with Gasteiger partial charge >= 0.3 is 0 Å². The summed E-state index contributed by atoms with van der Waals surface area (Å²) in [6, 6.07) is 49.9. The van der Waals surface area contributed by atoms with Gasteiger partial charge in [0.2, 0.25) is 0 Å². The van der Waals surface area contributed by atoms with Gasteiger partial charge in [0.05, 0.1) is 45.3 Å². The maximum absolute atomic E-state index is 14.8. The number of anilines is 6. The molecule has 7 rings (SSSR count). The van der Waals surface area contributed by atoms with Crippen LogP contribution in [0.25, 0.3) is 0 Å². The summed E-state index contributed by atoms with van der Waals surface area (Å²) in [4.78, 5) is 29.0. The molecule has 0 saturated heterocycles. The molecule has 0 fully saturated rings. The molecule has 0 aliphatic heterocycles. The first-order chi connectivity index (χ1) is 21.7. The highest BCUT2D eigenvalue weighted by atomic mass is 16.1. The summed E-state index contributed by atoms with van der Waals surface area (Å²) < 4.78 is 0. The van der Waals surface area contributed by atoms with E-state index in [-0.39, 0.29) is 11.6 Å². The van der Waals surface area contributed by atoms with Gasteiger partial charge in [-0.3, -0.25) is 30.5 Å². The second kappa shape index (κ2) is 11.6. The molecule has 0 atom stereocenters. The van der Waals surface area contributed by atoms with Crippen LogP contribution in [0, 0.1) is 0 Å². The van der Waals surface area contributed by atoms with E-state index in [0.717, 1.165) is 22.7 Å². The van der Waals surface area contributed by atoms with Crippen LogP contribution in [0.3, 0.4) is 0 Å². The maximum atomic E-state index is 14.8. The van der Waals surface area contributed by atoms with E-state index in [1.165, 1.54) is 0 Å². The lowest BCUT2D eigenvalue weighted by Crippen LogP contribution is -2.32. The van der Waals surface area contributed by atoms with E-state index in [4.69, 9.17) is 0 Å². The molecule has 0 heterocycles. The topological polar surface area (TPSA) is 64.7 Å². The fourth-order valence-corrected chi connectivity index (χ4v) is 5.54. The van der Waals surface area contributed by atoms with Crippen LogP contribution in [-0.2, 0) is 0 Å². The van der Waals surface area contributed by atoms with Crippen molar-refractivity contribution in [1.29, 1.82) is 0 Å². The van der Waals surface area contributed by atoms with Gasteiger partial charge in [-0.25, -0.2) is 0 Å². The zero-order valence-corrected chi connectivity index (χ0v) is 23.7. The van der Waals surface area contributed by atoms with Crippen molar-refractivity contribution < 1.29 is 9.59 Å². The quantitative estimate of drug-likeness (QED) is 0.178. The number of rotatable bonds is 8. The Balaban J connectivity index is 1.40. The molecule has 44 heavy (non-hydrogen) atoms. The number of para-hydroxylation sites is 4. The van der Waals surface area contributed by atoms with Crippen molar-refractivity contribution in [2.45, 2.75) is 0 Å². The Labute approximate surface area is 255 Å². The third kappa shape index (κ3) is 4.95. The first-order valence-electron chi connectivity index (χ1n) is 14.4. The summed E-state index contributed by atoms with van der Waals surface area (Å²) in [6.45, 7) is 0. The molecule has 6 aromatic rings. The SMILES string of the molecule is O=C1c2cccc(N(Nc3ccccc3)c3ccccc3)c2C(=O)c2c1cccc2N(Nc1ccccc1)c1ccccc1. The summed E-state index contributed by atoms with van der Waals surface area (Å²) in [5.74, 6) is -0.425. The van der Waals surface area contributed by atoms with Crippen LogP contribution in [0.15, 0.2) is 158 Å². The first kappa shape index (κ1) is 26.7. The molecule has 0 spiro atoms. The summed E-state index contributed by atoms with van der Waals surface area (Å²) in [6.07, 6.45) is 0. The predicted molar refractivity (Wildman–Crippen MR) is 177 cm³/mol. The Morgan fingerprint density at radius 1 is 0.364 bits per heavy atom. The van der Waals surface area contributed by atoms with Crippen molar-refractivity contribution in [1.82, 2.24) is 0 Å². The summed E-state index contributed by atoms with van der Waals surface area (Å²) in [5, 5.41) is 3.73. The van der Waals surface area contributed by atoms with E-state index in [1.54, 1.807) is 12.1 Å². The second-order valence-electron chi connectivity index (χ2n) is 10.4. The largest absolute Gasteiger partial charge is 0.294 e. The molecule has 6 aromatic carbocycles. The average Bonchev–Trinajstić information content (AvgIpc) is 3.09. The maximum Gasteiger partial charge on any atom is 0.198 e. The highest BCUT2D eigenvalue weighted by Gasteiger charge is 2.36. The third-order valence-electron chi connectivity index (χ3n) is 7.57. The fourth-order valence-electron chi connectivity index (χ4n) is 5.54. The van der Waals surface area contributed by atoms with E-state index in [2.05, 4.69) is 10.9 Å². The normalized spacial score (nSPS) is 11.7. The van der Waals surface area contributed by atoms with Crippen molar-refractivity contribution in [2.24, 2.45) is 0 Å². The van der Waals surface area contributed by atoms with Crippen molar-refractivity contribution in [3.8, 4) is 0 Å². The van der Waals surface area contributed by atoms with Gasteiger partial charge in [-0.15, -0.1) is 0 Å². The number of carbonyl (C=O) groups is 2. The van der Waals surface area contributed by atoms with Crippen LogP contribution in [-0.4, -0.2) is 11.6 Å². The Hall–Kier alpha value is -6.14. The van der Waals surface area contributed by atoms with Gasteiger partial charge in [0, 0.05) is 11.1 Å². The Bertz CT molecular complexity index is 1810. The summed E-state index contributed by atoms with van der Waals surface area (Å²) in [7, 11) is 0. The van der Waals surface area contributed by atoms with Gasteiger partial charge in [-0.1, -0.05) is 97.1 Å². The minimum absolute atomic E-state index is 0.196.